The Labute approximate surface area is 76.1 Å². The van der Waals surface area contributed by atoms with Gasteiger partial charge in [-0.2, -0.15) is 0 Å². The van der Waals surface area contributed by atoms with Crippen LogP contribution in [0, 0.1) is 0 Å². The summed E-state index contributed by atoms with van der Waals surface area (Å²) in [5, 5.41) is 9.49. The predicted octanol–water partition coefficient (Wildman–Crippen LogP) is 1.90. The molecule has 1 N–H and O–H groups in total. The number of aromatic hydroxyl groups is 1. The molecule has 2 rings (SSSR count). The third-order valence-corrected chi connectivity index (χ3v) is 2.07. The zero-order chi connectivity index (χ0) is 9.26. The van der Waals surface area contributed by atoms with E-state index in [2.05, 4.69) is 16.9 Å². The third kappa shape index (κ3) is 1.22. The molecule has 0 aliphatic rings. The molecule has 0 amide bonds. The summed E-state index contributed by atoms with van der Waals surface area (Å²) >= 11 is 0. The Bertz CT molecular complexity index is 440. The van der Waals surface area contributed by atoms with Gasteiger partial charge in [-0.1, -0.05) is 13.0 Å². The van der Waals surface area contributed by atoms with Crippen LogP contribution in [0.15, 0.2) is 24.5 Å². The molecule has 0 saturated heterocycles. The van der Waals surface area contributed by atoms with Gasteiger partial charge < -0.3 is 5.11 Å². The molecule has 0 saturated carbocycles. The topological polar surface area (TPSA) is 46.0 Å². The van der Waals surface area contributed by atoms with Gasteiger partial charge in [-0.25, -0.2) is 4.98 Å². The molecule has 0 bridgehead atoms. The number of aryl methyl sites for hydroxylation is 1. The second-order valence-corrected chi connectivity index (χ2v) is 2.85. The average molecular weight is 174 g/mol. The molecular weight excluding hydrogens is 164 g/mol. The highest BCUT2D eigenvalue weighted by Crippen LogP contribution is 2.23. The van der Waals surface area contributed by atoms with E-state index in [1.807, 2.05) is 6.07 Å². The minimum absolute atomic E-state index is 0.195. The minimum Gasteiger partial charge on any atom is -0.506 e. The number of hydrogen-bond acceptors (Lipinski definition) is 3. The molecule has 0 atom stereocenters. The molecule has 0 spiro atoms. The molecule has 1 aromatic carbocycles. The second kappa shape index (κ2) is 3.01. The van der Waals surface area contributed by atoms with Gasteiger partial charge in [-0.15, -0.1) is 0 Å². The molecule has 0 unspecified atom stereocenters. The van der Waals surface area contributed by atoms with Gasteiger partial charge in [0.1, 0.15) is 11.3 Å². The molecule has 1 heterocycles. The van der Waals surface area contributed by atoms with Crippen LogP contribution in [0.3, 0.4) is 0 Å². The molecule has 3 nitrogen and oxygen atoms in total. The fourth-order valence-electron chi connectivity index (χ4n) is 1.38. The first-order valence-electron chi connectivity index (χ1n) is 4.24. The van der Waals surface area contributed by atoms with Gasteiger partial charge >= 0.3 is 0 Å². The fraction of sp³-hybridized carbons (Fsp3) is 0.200. The number of nitrogens with zero attached hydrogens (tertiary/aromatic N) is 2. The van der Waals surface area contributed by atoms with Crippen LogP contribution in [0.2, 0.25) is 0 Å². The Kier molecular flexibility index (Phi) is 1.85. The Balaban J connectivity index is 2.84. The fourth-order valence-corrected chi connectivity index (χ4v) is 1.38. The molecule has 1 aromatic heterocycles. The van der Waals surface area contributed by atoms with Crippen LogP contribution in [0.4, 0.5) is 0 Å². The maximum atomic E-state index is 9.49. The third-order valence-electron chi connectivity index (χ3n) is 2.07. The maximum Gasteiger partial charge on any atom is 0.143 e. The van der Waals surface area contributed by atoms with Crippen LogP contribution in [0.1, 0.15) is 12.5 Å². The van der Waals surface area contributed by atoms with Crippen molar-refractivity contribution in [3.63, 3.8) is 0 Å². The van der Waals surface area contributed by atoms with Crippen LogP contribution < -0.4 is 0 Å². The molecule has 66 valence electrons. The lowest BCUT2D eigenvalue weighted by Crippen LogP contribution is -1.89. The Hall–Kier alpha value is -1.64. The van der Waals surface area contributed by atoms with Crippen molar-refractivity contribution >= 4 is 11.0 Å². The zero-order valence-corrected chi connectivity index (χ0v) is 7.36. The number of aromatic nitrogens is 2. The van der Waals surface area contributed by atoms with E-state index in [0.29, 0.717) is 5.52 Å². The zero-order valence-electron chi connectivity index (χ0n) is 7.36. The van der Waals surface area contributed by atoms with Crippen molar-refractivity contribution in [3.05, 3.63) is 30.1 Å². The van der Waals surface area contributed by atoms with Gasteiger partial charge in [0, 0.05) is 12.4 Å². The SMILES string of the molecule is CCc1ccc(O)c2nccnc12. The lowest BCUT2D eigenvalue weighted by atomic mass is 10.1. The van der Waals surface area contributed by atoms with E-state index < -0.39 is 0 Å². The van der Waals surface area contributed by atoms with E-state index in [0.717, 1.165) is 17.5 Å². The first-order chi connectivity index (χ1) is 6.33. The van der Waals surface area contributed by atoms with Crippen LogP contribution in [0.5, 0.6) is 5.75 Å². The number of benzene rings is 1. The van der Waals surface area contributed by atoms with Crippen molar-refractivity contribution in [2.75, 3.05) is 0 Å². The van der Waals surface area contributed by atoms with Gasteiger partial charge in [0.2, 0.25) is 0 Å². The first-order valence-corrected chi connectivity index (χ1v) is 4.24. The van der Waals surface area contributed by atoms with Gasteiger partial charge in [-0.05, 0) is 18.1 Å². The largest absolute Gasteiger partial charge is 0.506 e. The maximum absolute atomic E-state index is 9.49. The standard InChI is InChI=1S/C10H10N2O/c1-2-7-3-4-8(13)10-9(7)11-5-6-12-10/h3-6,13H,2H2,1H3. The summed E-state index contributed by atoms with van der Waals surface area (Å²) in [5.74, 6) is 0.195. The Morgan fingerprint density at radius 1 is 1.15 bits per heavy atom. The number of hydrogen-bond donors (Lipinski definition) is 1. The quantitative estimate of drug-likeness (QED) is 0.718. The summed E-state index contributed by atoms with van der Waals surface area (Å²) in [7, 11) is 0. The average Bonchev–Trinajstić information content (AvgIpc) is 2.19. The van der Waals surface area contributed by atoms with Gasteiger partial charge in [-0.3, -0.25) is 4.98 Å². The second-order valence-electron chi connectivity index (χ2n) is 2.85. The molecule has 3 heteroatoms. The monoisotopic (exact) mass is 174 g/mol. The summed E-state index contributed by atoms with van der Waals surface area (Å²) in [6.07, 6.45) is 4.12. The van der Waals surface area contributed by atoms with Gasteiger partial charge in [0.25, 0.3) is 0 Å². The summed E-state index contributed by atoms with van der Waals surface area (Å²) in [6, 6.07) is 3.54. The highest BCUT2D eigenvalue weighted by molar-refractivity contribution is 5.83. The first kappa shape index (κ1) is 7.98. The summed E-state index contributed by atoms with van der Waals surface area (Å²) in [5.41, 5.74) is 2.49. The van der Waals surface area contributed by atoms with E-state index in [-0.39, 0.29) is 5.75 Å². The predicted molar refractivity (Wildman–Crippen MR) is 50.6 cm³/mol. The summed E-state index contributed by atoms with van der Waals surface area (Å²) in [6.45, 7) is 2.06. The lowest BCUT2D eigenvalue weighted by Gasteiger charge is -2.03. The number of rotatable bonds is 1. The van der Waals surface area contributed by atoms with E-state index in [9.17, 15) is 5.11 Å². The van der Waals surface area contributed by atoms with Crippen LogP contribution in [-0.2, 0) is 6.42 Å². The molecular formula is C10H10N2O. The summed E-state index contributed by atoms with van der Waals surface area (Å²) < 4.78 is 0. The molecule has 0 aliphatic heterocycles. The summed E-state index contributed by atoms with van der Waals surface area (Å²) in [4.78, 5) is 8.27. The number of phenols is 1. The number of fused-ring (bicyclic) bond motifs is 1. The Morgan fingerprint density at radius 3 is 2.54 bits per heavy atom. The number of phenolic OH excluding ortho intramolecular Hbond substituents is 1. The van der Waals surface area contributed by atoms with E-state index >= 15 is 0 Å². The normalized spacial score (nSPS) is 10.5. The van der Waals surface area contributed by atoms with Gasteiger partial charge in [0.15, 0.2) is 0 Å². The van der Waals surface area contributed by atoms with Crippen molar-refractivity contribution in [3.8, 4) is 5.75 Å². The minimum atomic E-state index is 0.195. The van der Waals surface area contributed by atoms with Crippen molar-refractivity contribution in [2.24, 2.45) is 0 Å². The van der Waals surface area contributed by atoms with Crippen LogP contribution in [-0.4, -0.2) is 15.1 Å². The molecule has 0 aliphatic carbocycles. The van der Waals surface area contributed by atoms with E-state index in [4.69, 9.17) is 0 Å². The van der Waals surface area contributed by atoms with Crippen LogP contribution >= 0.6 is 0 Å². The van der Waals surface area contributed by atoms with Gasteiger partial charge in [0.05, 0.1) is 5.52 Å². The molecule has 0 radical (unpaired) electrons. The molecule has 0 fully saturated rings. The Morgan fingerprint density at radius 2 is 1.85 bits per heavy atom. The van der Waals surface area contributed by atoms with E-state index in [1.54, 1.807) is 18.5 Å². The molecule has 2 aromatic rings. The highest BCUT2D eigenvalue weighted by Gasteiger charge is 2.04. The smallest absolute Gasteiger partial charge is 0.143 e. The lowest BCUT2D eigenvalue weighted by molar-refractivity contribution is 0.480. The van der Waals surface area contributed by atoms with Crippen molar-refractivity contribution < 1.29 is 5.11 Å². The van der Waals surface area contributed by atoms with Crippen molar-refractivity contribution in [1.82, 2.24) is 9.97 Å². The van der Waals surface area contributed by atoms with Crippen LogP contribution in [0.25, 0.3) is 11.0 Å². The van der Waals surface area contributed by atoms with E-state index in [1.165, 1.54) is 0 Å². The van der Waals surface area contributed by atoms with Crippen molar-refractivity contribution in [1.29, 1.82) is 0 Å². The van der Waals surface area contributed by atoms with Crippen molar-refractivity contribution in [2.45, 2.75) is 13.3 Å². The highest BCUT2D eigenvalue weighted by atomic mass is 16.3. The molecule has 13 heavy (non-hydrogen) atoms.